The van der Waals surface area contributed by atoms with E-state index in [4.69, 9.17) is 0 Å². The molecule has 0 fully saturated rings. The lowest BCUT2D eigenvalue weighted by atomic mass is 10.2. The topological polar surface area (TPSA) is 24.1 Å². The van der Waals surface area contributed by atoms with E-state index in [2.05, 4.69) is 24.1 Å². The van der Waals surface area contributed by atoms with Crippen molar-refractivity contribution in [2.75, 3.05) is 19.6 Å². The Bertz CT molecular complexity index is 190. The Morgan fingerprint density at radius 1 is 1.06 bits per heavy atom. The zero-order chi connectivity index (χ0) is 12.4. The Morgan fingerprint density at radius 3 is 2.31 bits per heavy atom. The van der Waals surface area contributed by atoms with Gasteiger partial charge in [0.1, 0.15) is 5.70 Å². The van der Waals surface area contributed by atoms with Gasteiger partial charge in [-0.2, -0.15) is 13.2 Å². The molecule has 0 saturated heterocycles. The number of hydrogen-bond donors (Lipinski definition) is 2. The summed E-state index contributed by atoms with van der Waals surface area (Å²) < 4.78 is 35.9. The molecule has 16 heavy (non-hydrogen) atoms. The molecule has 5 heteroatoms. The summed E-state index contributed by atoms with van der Waals surface area (Å²) in [5.74, 6) is 0. The van der Waals surface area contributed by atoms with Crippen molar-refractivity contribution in [3.63, 3.8) is 0 Å². The van der Waals surface area contributed by atoms with E-state index >= 15 is 0 Å². The Labute approximate surface area is 95.3 Å². The fourth-order valence-electron chi connectivity index (χ4n) is 1.20. The molecular formula is C11H21F3N2. The standard InChI is InChI=1S/C11H21F3N2/c1-3-4-5-6-7-15-8-9-16-10(2)11(12,13)14/h15-16H,2-9H2,1H3. The summed E-state index contributed by atoms with van der Waals surface area (Å²) in [6.45, 7) is 6.71. The van der Waals surface area contributed by atoms with Crippen LogP contribution in [0.1, 0.15) is 32.6 Å². The molecule has 0 atom stereocenters. The smallest absolute Gasteiger partial charge is 0.380 e. The third-order valence-electron chi connectivity index (χ3n) is 2.19. The predicted octanol–water partition coefficient (Wildman–Crippen LogP) is 2.82. The summed E-state index contributed by atoms with van der Waals surface area (Å²) in [4.78, 5) is 0. The first-order valence-corrected chi connectivity index (χ1v) is 5.69. The first kappa shape index (κ1) is 15.3. The number of allylic oxidation sites excluding steroid dienone is 1. The van der Waals surface area contributed by atoms with E-state index in [9.17, 15) is 13.2 Å². The lowest BCUT2D eigenvalue weighted by Crippen LogP contribution is -2.32. The molecule has 0 radical (unpaired) electrons. The molecule has 2 N–H and O–H groups in total. The molecule has 0 bridgehead atoms. The van der Waals surface area contributed by atoms with Crippen molar-refractivity contribution in [2.24, 2.45) is 0 Å². The molecule has 0 aromatic rings. The monoisotopic (exact) mass is 238 g/mol. The molecule has 0 aliphatic carbocycles. The van der Waals surface area contributed by atoms with Crippen LogP contribution in [0.2, 0.25) is 0 Å². The van der Waals surface area contributed by atoms with Gasteiger partial charge in [0, 0.05) is 13.1 Å². The molecule has 0 amide bonds. The van der Waals surface area contributed by atoms with E-state index in [1.165, 1.54) is 19.3 Å². The summed E-state index contributed by atoms with van der Waals surface area (Å²) in [7, 11) is 0. The molecule has 0 rings (SSSR count). The quantitative estimate of drug-likeness (QED) is 0.604. The second kappa shape index (κ2) is 8.44. The van der Waals surface area contributed by atoms with Gasteiger partial charge in [0.25, 0.3) is 0 Å². The van der Waals surface area contributed by atoms with Gasteiger partial charge in [-0.15, -0.1) is 0 Å². The third-order valence-corrected chi connectivity index (χ3v) is 2.19. The van der Waals surface area contributed by atoms with Crippen molar-refractivity contribution >= 4 is 0 Å². The summed E-state index contributed by atoms with van der Waals surface area (Å²) in [6, 6.07) is 0. The van der Waals surface area contributed by atoms with Crippen molar-refractivity contribution in [3.05, 3.63) is 12.3 Å². The van der Waals surface area contributed by atoms with Crippen molar-refractivity contribution in [3.8, 4) is 0 Å². The van der Waals surface area contributed by atoms with Gasteiger partial charge in [-0.3, -0.25) is 0 Å². The van der Waals surface area contributed by atoms with Gasteiger partial charge in [0.15, 0.2) is 0 Å². The Morgan fingerprint density at radius 2 is 1.75 bits per heavy atom. The summed E-state index contributed by atoms with van der Waals surface area (Å²) >= 11 is 0. The van der Waals surface area contributed by atoms with Crippen LogP contribution >= 0.6 is 0 Å². The zero-order valence-electron chi connectivity index (χ0n) is 9.79. The molecule has 0 spiro atoms. The minimum atomic E-state index is -4.33. The highest BCUT2D eigenvalue weighted by atomic mass is 19.4. The fourth-order valence-corrected chi connectivity index (χ4v) is 1.20. The average molecular weight is 238 g/mol. The third kappa shape index (κ3) is 8.59. The normalized spacial score (nSPS) is 11.5. The van der Waals surface area contributed by atoms with Crippen molar-refractivity contribution < 1.29 is 13.2 Å². The molecule has 0 aromatic heterocycles. The fraction of sp³-hybridized carbons (Fsp3) is 0.818. The van der Waals surface area contributed by atoms with Crippen LogP contribution in [-0.4, -0.2) is 25.8 Å². The molecule has 0 saturated carbocycles. The second-order valence-electron chi connectivity index (χ2n) is 3.71. The van der Waals surface area contributed by atoms with Crippen LogP contribution in [0, 0.1) is 0 Å². The zero-order valence-corrected chi connectivity index (χ0v) is 9.79. The Hall–Kier alpha value is -0.710. The van der Waals surface area contributed by atoms with Crippen molar-refractivity contribution in [2.45, 2.75) is 38.8 Å². The molecule has 0 heterocycles. The van der Waals surface area contributed by atoms with Crippen molar-refractivity contribution in [1.29, 1.82) is 0 Å². The van der Waals surface area contributed by atoms with Gasteiger partial charge in [-0.05, 0) is 13.0 Å². The minimum Gasteiger partial charge on any atom is -0.380 e. The van der Waals surface area contributed by atoms with E-state index in [1.54, 1.807) is 0 Å². The van der Waals surface area contributed by atoms with Crippen LogP contribution in [0.5, 0.6) is 0 Å². The largest absolute Gasteiger partial charge is 0.430 e. The average Bonchev–Trinajstić information content (AvgIpc) is 2.20. The van der Waals surface area contributed by atoms with E-state index in [1.807, 2.05) is 0 Å². The maximum atomic E-state index is 12.0. The van der Waals surface area contributed by atoms with Crippen LogP contribution < -0.4 is 10.6 Å². The number of halogens is 3. The first-order chi connectivity index (χ1) is 7.48. The van der Waals surface area contributed by atoms with Gasteiger partial charge >= 0.3 is 6.18 Å². The van der Waals surface area contributed by atoms with Crippen LogP contribution in [0.25, 0.3) is 0 Å². The summed E-state index contributed by atoms with van der Waals surface area (Å²) in [5, 5.41) is 5.32. The number of hydrogen-bond acceptors (Lipinski definition) is 2. The van der Waals surface area contributed by atoms with Crippen LogP contribution in [0.3, 0.4) is 0 Å². The van der Waals surface area contributed by atoms with Crippen LogP contribution in [-0.2, 0) is 0 Å². The maximum absolute atomic E-state index is 12.0. The van der Waals surface area contributed by atoms with E-state index in [-0.39, 0.29) is 6.54 Å². The van der Waals surface area contributed by atoms with Crippen LogP contribution in [0.4, 0.5) is 13.2 Å². The number of alkyl halides is 3. The van der Waals surface area contributed by atoms with Gasteiger partial charge in [0.05, 0.1) is 0 Å². The molecule has 0 unspecified atom stereocenters. The lowest BCUT2D eigenvalue weighted by Gasteiger charge is -2.12. The SMILES string of the molecule is C=C(NCCNCCCCCC)C(F)(F)F. The molecule has 0 aliphatic heterocycles. The number of rotatable bonds is 9. The summed E-state index contributed by atoms with van der Waals surface area (Å²) in [6.07, 6.45) is 0.319. The van der Waals surface area contributed by atoms with E-state index < -0.39 is 11.9 Å². The second-order valence-corrected chi connectivity index (χ2v) is 3.71. The minimum absolute atomic E-state index is 0.256. The number of nitrogens with one attached hydrogen (secondary N) is 2. The van der Waals surface area contributed by atoms with Gasteiger partial charge in [-0.25, -0.2) is 0 Å². The van der Waals surface area contributed by atoms with Crippen LogP contribution in [0.15, 0.2) is 12.3 Å². The lowest BCUT2D eigenvalue weighted by molar-refractivity contribution is -0.0962. The van der Waals surface area contributed by atoms with Gasteiger partial charge in [-0.1, -0.05) is 32.8 Å². The highest BCUT2D eigenvalue weighted by Gasteiger charge is 2.31. The molecule has 96 valence electrons. The van der Waals surface area contributed by atoms with E-state index in [0.29, 0.717) is 6.54 Å². The Balaban J connectivity index is 3.25. The number of unbranched alkanes of at least 4 members (excludes halogenated alkanes) is 3. The molecular weight excluding hydrogens is 217 g/mol. The van der Waals surface area contributed by atoms with E-state index in [0.717, 1.165) is 13.0 Å². The summed E-state index contributed by atoms with van der Waals surface area (Å²) in [5.41, 5.74) is -0.875. The van der Waals surface area contributed by atoms with Crippen molar-refractivity contribution in [1.82, 2.24) is 10.6 Å². The molecule has 2 nitrogen and oxygen atoms in total. The maximum Gasteiger partial charge on any atom is 0.430 e. The first-order valence-electron chi connectivity index (χ1n) is 5.69. The Kier molecular flexibility index (Phi) is 8.07. The highest BCUT2D eigenvalue weighted by Crippen LogP contribution is 2.21. The molecule has 0 aliphatic rings. The highest BCUT2D eigenvalue weighted by molar-refractivity contribution is 4.99. The van der Waals surface area contributed by atoms with Gasteiger partial charge in [0.2, 0.25) is 0 Å². The van der Waals surface area contributed by atoms with Gasteiger partial charge < -0.3 is 10.6 Å². The molecule has 0 aromatic carbocycles. The predicted molar refractivity (Wildman–Crippen MR) is 60.2 cm³/mol.